The molecule has 0 saturated heterocycles. The standard InChI is InChI=1S/C19H14ClF6N3O2S/c1-3-32(30,31)13-8-12(19(24,25)26)9-27-14(13)17-28-16(20)15(29(17)2)10-4-6-11(7-5-10)18(21,22)23/h4-9H,3H2,1-2H3. The van der Waals surface area contributed by atoms with Crippen molar-refractivity contribution in [3.8, 4) is 22.8 Å². The zero-order valence-electron chi connectivity index (χ0n) is 16.4. The Morgan fingerprint density at radius 1 is 1.00 bits per heavy atom. The van der Waals surface area contributed by atoms with Crippen LogP contribution in [0.25, 0.3) is 22.8 Å². The molecule has 5 nitrogen and oxygen atoms in total. The summed E-state index contributed by atoms with van der Waals surface area (Å²) in [4.78, 5) is 7.04. The first kappa shape index (κ1) is 24.1. The predicted molar refractivity (Wildman–Crippen MR) is 105 cm³/mol. The molecule has 0 N–H and O–H groups in total. The van der Waals surface area contributed by atoms with E-state index in [4.69, 9.17) is 11.6 Å². The van der Waals surface area contributed by atoms with Crippen molar-refractivity contribution in [3.05, 3.63) is 52.8 Å². The second-order valence-corrected chi connectivity index (χ2v) is 9.29. The Bertz CT molecular complexity index is 1270. The van der Waals surface area contributed by atoms with Gasteiger partial charge < -0.3 is 4.57 Å². The van der Waals surface area contributed by atoms with Crippen molar-refractivity contribution in [3.63, 3.8) is 0 Å². The number of pyridine rings is 1. The van der Waals surface area contributed by atoms with Crippen molar-refractivity contribution in [1.29, 1.82) is 0 Å². The first-order valence-corrected chi connectivity index (χ1v) is 10.9. The molecule has 172 valence electrons. The Balaban J connectivity index is 2.21. The van der Waals surface area contributed by atoms with Gasteiger partial charge in [-0.3, -0.25) is 4.98 Å². The highest BCUT2D eigenvalue weighted by Gasteiger charge is 2.35. The predicted octanol–water partition coefficient (Wildman–Crippen LogP) is 5.63. The number of halogens is 7. The SMILES string of the molecule is CCS(=O)(=O)c1cc(C(F)(F)F)cnc1-c1nc(Cl)c(-c2ccc(C(F)(F)F)cc2)n1C. The number of aromatic nitrogens is 3. The zero-order valence-corrected chi connectivity index (χ0v) is 18.0. The van der Waals surface area contributed by atoms with E-state index in [1.807, 2.05) is 0 Å². The van der Waals surface area contributed by atoms with Crippen LogP contribution in [0.1, 0.15) is 18.1 Å². The van der Waals surface area contributed by atoms with Gasteiger partial charge in [-0.05, 0) is 18.2 Å². The normalized spacial score (nSPS) is 12.9. The third kappa shape index (κ3) is 4.46. The van der Waals surface area contributed by atoms with Gasteiger partial charge in [0.2, 0.25) is 0 Å². The van der Waals surface area contributed by atoms with Crippen LogP contribution in [-0.2, 0) is 29.2 Å². The molecule has 0 aliphatic heterocycles. The van der Waals surface area contributed by atoms with Crippen LogP contribution >= 0.6 is 11.6 Å². The lowest BCUT2D eigenvalue weighted by atomic mass is 10.1. The van der Waals surface area contributed by atoms with E-state index >= 15 is 0 Å². The van der Waals surface area contributed by atoms with E-state index in [2.05, 4.69) is 9.97 Å². The molecule has 2 aromatic heterocycles. The number of hydrogen-bond acceptors (Lipinski definition) is 4. The summed E-state index contributed by atoms with van der Waals surface area (Å²) >= 11 is 6.16. The van der Waals surface area contributed by atoms with E-state index in [1.54, 1.807) is 0 Å². The monoisotopic (exact) mass is 497 g/mol. The smallest absolute Gasteiger partial charge is 0.324 e. The van der Waals surface area contributed by atoms with E-state index < -0.39 is 44.0 Å². The first-order valence-electron chi connectivity index (χ1n) is 8.87. The molecule has 3 rings (SSSR count). The van der Waals surface area contributed by atoms with Crippen LogP contribution in [0.5, 0.6) is 0 Å². The molecule has 2 heterocycles. The lowest BCUT2D eigenvalue weighted by molar-refractivity contribution is -0.138. The maximum atomic E-state index is 13.1. The van der Waals surface area contributed by atoms with E-state index in [9.17, 15) is 34.8 Å². The van der Waals surface area contributed by atoms with E-state index in [0.717, 1.165) is 24.3 Å². The van der Waals surface area contributed by atoms with Gasteiger partial charge in [-0.2, -0.15) is 26.3 Å². The second kappa shape index (κ2) is 8.07. The Morgan fingerprint density at radius 2 is 1.56 bits per heavy atom. The summed E-state index contributed by atoms with van der Waals surface area (Å²) in [7, 11) is -2.76. The molecule has 1 aromatic carbocycles. The summed E-state index contributed by atoms with van der Waals surface area (Å²) in [5.74, 6) is -0.655. The first-order chi connectivity index (χ1) is 14.7. The number of alkyl halides is 6. The Hall–Kier alpha value is -2.60. The van der Waals surface area contributed by atoms with Crippen LogP contribution in [0.15, 0.2) is 41.4 Å². The van der Waals surface area contributed by atoms with Crippen molar-refractivity contribution in [2.75, 3.05) is 5.75 Å². The average molecular weight is 498 g/mol. The summed E-state index contributed by atoms with van der Waals surface area (Å²) in [6, 6.07) is 4.45. The van der Waals surface area contributed by atoms with Crippen molar-refractivity contribution < 1.29 is 34.8 Å². The number of imidazole rings is 1. The molecule has 0 amide bonds. The third-order valence-electron chi connectivity index (χ3n) is 4.65. The number of benzene rings is 1. The lowest BCUT2D eigenvalue weighted by Crippen LogP contribution is -2.13. The topological polar surface area (TPSA) is 64.8 Å². The summed E-state index contributed by atoms with van der Waals surface area (Å²) in [5, 5.41) is -0.191. The summed E-state index contributed by atoms with van der Waals surface area (Å²) in [5.41, 5.74) is -2.13. The second-order valence-electron chi connectivity index (χ2n) is 6.68. The van der Waals surface area contributed by atoms with Crippen molar-refractivity contribution in [1.82, 2.24) is 14.5 Å². The largest absolute Gasteiger partial charge is 0.417 e. The van der Waals surface area contributed by atoms with Crippen LogP contribution in [0.3, 0.4) is 0 Å². The fourth-order valence-electron chi connectivity index (χ4n) is 2.97. The van der Waals surface area contributed by atoms with Gasteiger partial charge in [-0.25, -0.2) is 13.4 Å². The molecule has 0 fully saturated rings. The van der Waals surface area contributed by atoms with Crippen LogP contribution in [-0.4, -0.2) is 28.7 Å². The zero-order chi connectivity index (χ0) is 24.1. The lowest BCUT2D eigenvalue weighted by Gasteiger charge is -2.13. The highest BCUT2D eigenvalue weighted by molar-refractivity contribution is 7.91. The Labute approximate surface area is 183 Å². The van der Waals surface area contributed by atoms with Crippen molar-refractivity contribution in [2.45, 2.75) is 24.2 Å². The average Bonchev–Trinajstić information content (AvgIpc) is 3.00. The minimum Gasteiger partial charge on any atom is -0.324 e. The molecule has 0 saturated carbocycles. The minimum absolute atomic E-state index is 0.136. The maximum Gasteiger partial charge on any atom is 0.417 e. The molecule has 0 atom stereocenters. The van der Waals surface area contributed by atoms with Crippen LogP contribution < -0.4 is 0 Å². The molecule has 0 aliphatic carbocycles. The van der Waals surface area contributed by atoms with Gasteiger partial charge in [0, 0.05) is 18.8 Å². The van der Waals surface area contributed by atoms with Crippen molar-refractivity contribution in [2.24, 2.45) is 7.05 Å². The molecule has 32 heavy (non-hydrogen) atoms. The van der Waals surface area contributed by atoms with Gasteiger partial charge in [0.25, 0.3) is 0 Å². The number of sulfone groups is 1. The van der Waals surface area contributed by atoms with E-state index in [1.165, 1.54) is 18.5 Å². The van der Waals surface area contributed by atoms with Gasteiger partial charge in [0.05, 0.1) is 27.5 Å². The molecule has 3 aromatic rings. The molecular weight excluding hydrogens is 484 g/mol. The van der Waals surface area contributed by atoms with Crippen LogP contribution in [0.2, 0.25) is 5.15 Å². The van der Waals surface area contributed by atoms with Gasteiger partial charge >= 0.3 is 12.4 Å². The molecule has 0 bridgehead atoms. The molecule has 0 spiro atoms. The molecule has 0 aliphatic rings. The van der Waals surface area contributed by atoms with Gasteiger partial charge in [0.1, 0.15) is 5.69 Å². The summed E-state index contributed by atoms with van der Waals surface area (Å²) in [6.07, 6.45) is -8.90. The molecule has 0 radical (unpaired) electrons. The highest BCUT2D eigenvalue weighted by Crippen LogP contribution is 2.38. The van der Waals surface area contributed by atoms with Gasteiger partial charge in [0.15, 0.2) is 20.8 Å². The summed E-state index contributed by atoms with van der Waals surface area (Å²) in [6.45, 7) is 1.26. The fourth-order valence-corrected chi connectivity index (χ4v) is 4.34. The van der Waals surface area contributed by atoms with Crippen LogP contribution in [0.4, 0.5) is 26.3 Å². The van der Waals surface area contributed by atoms with Crippen LogP contribution in [0, 0.1) is 0 Å². The number of nitrogens with zero attached hydrogens (tertiary/aromatic N) is 3. The molecular formula is C19H14ClF6N3O2S. The Kier molecular flexibility index (Phi) is 6.07. The third-order valence-corrected chi connectivity index (χ3v) is 6.65. The molecule has 13 heteroatoms. The Morgan fingerprint density at radius 3 is 2.06 bits per heavy atom. The fraction of sp³-hybridized carbons (Fsp3) is 0.263. The van der Waals surface area contributed by atoms with E-state index in [-0.39, 0.29) is 27.9 Å². The van der Waals surface area contributed by atoms with Crippen molar-refractivity contribution >= 4 is 21.4 Å². The van der Waals surface area contributed by atoms with Gasteiger partial charge in [-0.1, -0.05) is 30.7 Å². The molecule has 0 unspecified atom stereocenters. The highest BCUT2D eigenvalue weighted by atomic mass is 35.5. The quantitative estimate of drug-likeness (QED) is 0.438. The maximum absolute atomic E-state index is 13.1. The summed E-state index contributed by atoms with van der Waals surface area (Å²) < 4.78 is 104. The number of hydrogen-bond donors (Lipinski definition) is 0. The number of rotatable bonds is 4. The minimum atomic E-state index is -4.83. The van der Waals surface area contributed by atoms with Gasteiger partial charge in [-0.15, -0.1) is 0 Å². The van der Waals surface area contributed by atoms with E-state index in [0.29, 0.717) is 12.3 Å².